The van der Waals surface area contributed by atoms with E-state index in [1.54, 1.807) is 0 Å². The Morgan fingerprint density at radius 3 is 1.17 bits per heavy atom. The number of nitrogens with zero attached hydrogens (tertiary/aromatic N) is 4. The van der Waals surface area contributed by atoms with Gasteiger partial charge in [0.25, 0.3) is 0 Å². The van der Waals surface area contributed by atoms with Crippen LogP contribution in [-0.4, -0.2) is 19.6 Å². The lowest BCUT2D eigenvalue weighted by molar-refractivity contribution is 0.831. The van der Waals surface area contributed by atoms with E-state index in [0.717, 1.165) is 22.8 Å². The molecule has 0 aliphatic rings. The molecular weight excluding hydrogens is 368 g/mol. The molecule has 154 valence electrons. The van der Waals surface area contributed by atoms with Gasteiger partial charge < -0.3 is 0 Å². The van der Waals surface area contributed by atoms with Crippen LogP contribution in [0.4, 0.5) is 0 Å². The maximum atomic E-state index is 4.71. The Morgan fingerprint density at radius 1 is 0.533 bits per heavy atom. The molecule has 0 fully saturated rings. The molecule has 0 aliphatic carbocycles. The summed E-state index contributed by atoms with van der Waals surface area (Å²) in [5.41, 5.74) is 14.3. The molecule has 2 aromatic carbocycles. The summed E-state index contributed by atoms with van der Waals surface area (Å²) in [6, 6.07) is 13.2. The zero-order valence-electron chi connectivity index (χ0n) is 19.3. The predicted octanol–water partition coefficient (Wildman–Crippen LogP) is 6.19. The van der Waals surface area contributed by atoms with E-state index in [0.29, 0.717) is 0 Å². The minimum absolute atomic E-state index is 1.08. The fraction of sp³-hybridized carbons (Fsp3) is 0.308. The largest absolute Gasteiger partial charge is 0.238 e. The van der Waals surface area contributed by atoms with Crippen molar-refractivity contribution in [3.63, 3.8) is 0 Å². The summed E-state index contributed by atoms with van der Waals surface area (Å²) < 4.78 is 4.09. The number of aromatic nitrogens is 4. The van der Waals surface area contributed by atoms with Crippen molar-refractivity contribution in [2.45, 2.75) is 55.4 Å². The minimum Gasteiger partial charge on any atom is -0.238 e. The third-order valence-corrected chi connectivity index (χ3v) is 6.51. The lowest BCUT2D eigenvalue weighted by Crippen LogP contribution is -2.02. The summed E-state index contributed by atoms with van der Waals surface area (Å²) in [6.07, 6.45) is 0. The molecule has 4 rings (SSSR count). The van der Waals surface area contributed by atoms with E-state index in [2.05, 4.69) is 91.8 Å². The van der Waals surface area contributed by atoms with E-state index in [9.17, 15) is 0 Å². The maximum Gasteiger partial charge on any atom is 0.0651 e. The molecule has 0 spiro atoms. The van der Waals surface area contributed by atoms with Gasteiger partial charge in [-0.2, -0.15) is 10.2 Å². The van der Waals surface area contributed by atoms with Gasteiger partial charge >= 0.3 is 0 Å². The highest BCUT2D eigenvalue weighted by atomic mass is 15.3. The molecule has 4 heteroatoms. The van der Waals surface area contributed by atoms with Crippen LogP contribution in [0.3, 0.4) is 0 Å². The van der Waals surface area contributed by atoms with Gasteiger partial charge in [0.2, 0.25) is 0 Å². The van der Waals surface area contributed by atoms with Gasteiger partial charge in [-0.1, -0.05) is 12.1 Å². The van der Waals surface area contributed by atoms with Crippen molar-refractivity contribution in [2.24, 2.45) is 0 Å². The molecular formula is C26H30N4. The topological polar surface area (TPSA) is 35.6 Å². The first kappa shape index (κ1) is 20.1. The number of rotatable bonds is 3. The number of benzene rings is 2. The van der Waals surface area contributed by atoms with Crippen LogP contribution >= 0.6 is 0 Å². The molecule has 4 nitrogen and oxygen atoms in total. The molecule has 0 unspecified atom stereocenters. The van der Waals surface area contributed by atoms with Gasteiger partial charge in [-0.25, -0.2) is 9.36 Å². The minimum atomic E-state index is 1.08. The van der Waals surface area contributed by atoms with Crippen molar-refractivity contribution >= 4 is 0 Å². The van der Waals surface area contributed by atoms with E-state index >= 15 is 0 Å². The highest BCUT2D eigenvalue weighted by molar-refractivity contribution is 5.73. The van der Waals surface area contributed by atoms with Crippen molar-refractivity contribution in [1.29, 1.82) is 0 Å². The molecule has 0 aliphatic heterocycles. The van der Waals surface area contributed by atoms with Crippen LogP contribution in [0.25, 0.3) is 22.5 Å². The second-order valence-electron chi connectivity index (χ2n) is 8.41. The molecule has 0 radical (unpaired) electrons. The summed E-state index contributed by atoms with van der Waals surface area (Å²) in [5.74, 6) is 0. The Hall–Kier alpha value is -3.14. The van der Waals surface area contributed by atoms with Crippen LogP contribution in [0.2, 0.25) is 0 Å². The smallest absolute Gasteiger partial charge is 0.0651 e. The quantitative estimate of drug-likeness (QED) is 0.412. The van der Waals surface area contributed by atoms with Crippen molar-refractivity contribution < 1.29 is 0 Å². The molecule has 0 atom stereocenters. The van der Waals surface area contributed by atoms with E-state index in [4.69, 9.17) is 10.2 Å². The Balaban J connectivity index is 1.74. The highest BCUT2D eigenvalue weighted by Crippen LogP contribution is 2.31. The van der Waals surface area contributed by atoms with Crippen LogP contribution < -0.4 is 0 Å². The van der Waals surface area contributed by atoms with E-state index in [1.165, 1.54) is 44.8 Å². The first-order chi connectivity index (χ1) is 14.2. The zero-order chi connectivity index (χ0) is 21.7. The first-order valence-corrected chi connectivity index (χ1v) is 10.5. The normalized spacial score (nSPS) is 11.3. The van der Waals surface area contributed by atoms with Gasteiger partial charge in [-0.15, -0.1) is 0 Å². The van der Waals surface area contributed by atoms with Crippen molar-refractivity contribution in [2.75, 3.05) is 0 Å². The third kappa shape index (κ3) is 3.17. The number of hydrogen-bond acceptors (Lipinski definition) is 2. The molecule has 0 saturated carbocycles. The molecule has 4 aromatic rings. The van der Waals surface area contributed by atoms with Crippen LogP contribution in [-0.2, 0) is 0 Å². The van der Waals surface area contributed by atoms with Crippen LogP contribution in [0.1, 0.15) is 45.0 Å². The summed E-state index contributed by atoms with van der Waals surface area (Å²) in [7, 11) is 0. The summed E-state index contributed by atoms with van der Waals surface area (Å²) in [4.78, 5) is 0. The molecule has 2 heterocycles. The maximum absolute atomic E-state index is 4.71. The first-order valence-electron chi connectivity index (χ1n) is 10.5. The van der Waals surface area contributed by atoms with Crippen molar-refractivity contribution in [1.82, 2.24) is 19.6 Å². The molecule has 30 heavy (non-hydrogen) atoms. The monoisotopic (exact) mass is 398 g/mol. The third-order valence-electron chi connectivity index (χ3n) is 6.51. The molecule has 0 N–H and O–H groups in total. The summed E-state index contributed by atoms with van der Waals surface area (Å²) in [6.45, 7) is 17.0. The van der Waals surface area contributed by atoms with E-state index < -0.39 is 0 Å². The SMILES string of the molecule is Cc1cc(-n2nc(C)c(C)c2C)ccc1-c1ccc(-n2nc(C)c(C)c2C)cc1C. The fourth-order valence-electron chi connectivity index (χ4n) is 4.11. The van der Waals surface area contributed by atoms with Crippen LogP contribution in [0.5, 0.6) is 0 Å². The van der Waals surface area contributed by atoms with Gasteiger partial charge in [0.1, 0.15) is 0 Å². The molecule has 0 amide bonds. The Bertz CT molecular complexity index is 1170. The summed E-state index contributed by atoms with van der Waals surface area (Å²) in [5, 5.41) is 9.42. The zero-order valence-corrected chi connectivity index (χ0v) is 19.3. The fourth-order valence-corrected chi connectivity index (χ4v) is 4.11. The summed E-state index contributed by atoms with van der Waals surface area (Å²) >= 11 is 0. The van der Waals surface area contributed by atoms with Crippen molar-refractivity contribution in [3.8, 4) is 22.5 Å². The Kier molecular flexibility index (Phi) is 4.89. The van der Waals surface area contributed by atoms with Gasteiger partial charge in [0, 0.05) is 11.4 Å². The number of aryl methyl sites for hydroxylation is 4. The predicted molar refractivity (Wildman–Crippen MR) is 124 cm³/mol. The van der Waals surface area contributed by atoms with Gasteiger partial charge in [-0.3, -0.25) is 0 Å². The van der Waals surface area contributed by atoms with Crippen LogP contribution in [0, 0.1) is 55.4 Å². The Labute approximate surface area is 179 Å². The highest BCUT2D eigenvalue weighted by Gasteiger charge is 2.13. The number of hydrogen-bond donors (Lipinski definition) is 0. The molecule has 2 aromatic heterocycles. The van der Waals surface area contributed by atoms with Gasteiger partial charge in [0.05, 0.1) is 22.8 Å². The van der Waals surface area contributed by atoms with Gasteiger partial charge in [0.15, 0.2) is 0 Å². The lowest BCUT2D eigenvalue weighted by atomic mass is 9.95. The average molecular weight is 399 g/mol. The van der Waals surface area contributed by atoms with Gasteiger partial charge in [-0.05, 0) is 113 Å². The lowest BCUT2D eigenvalue weighted by Gasteiger charge is -2.14. The van der Waals surface area contributed by atoms with Crippen LogP contribution in [0.15, 0.2) is 36.4 Å². The standard InChI is InChI=1S/C26H30N4/c1-15-13-23(29-21(7)17(3)19(5)27-29)9-11-25(15)26-12-10-24(14-16(26)2)30-22(8)18(4)20(6)28-30/h9-14H,1-8H3. The van der Waals surface area contributed by atoms with Crippen molar-refractivity contribution in [3.05, 3.63) is 81.4 Å². The second kappa shape index (κ2) is 7.28. The average Bonchev–Trinajstić information content (AvgIpc) is 3.12. The van der Waals surface area contributed by atoms with E-state index in [-0.39, 0.29) is 0 Å². The Morgan fingerprint density at radius 2 is 0.900 bits per heavy atom. The second-order valence-corrected chi connectivity index (χ2v) is 8.41. The molecule has 0 saturated heterocycles. The molecule has 0 bridgehead atoms. The van der Waals surface area contributed by atoms with E-state index in [1.807, 2.05) is 9.36 Å².